The van der Waals surface area contributed by atoms with Crippen molar-refractivity contribution >= 4 is 45.3 Å². The van der Waals surface area contributed by atoms with Crippen LogP contribution in [0.3, 0.4) is 0 Å². The third kappa shape index (κ3) is 4.18. The molecule has 4 rings (SSSR count). The third-order valence-electron chi connectivity index (χ3n) is 5.31. The molecule has 2 amide bonds. The quantitative estimate of drug-likeness (QED) is 0.561. The molecular formula is C23H25N3O2S2. The molecule has 1 aromatic carbocycles. The average molecular weight is 440 g/mol. The normalized spacial score (nSPS) is 13.4. The highest BCUT2D eigenvalue weighted by Gasteiger charge is 2.25. The summed E-state index contributed by atoms with van der Waals surface area (Å²) in [7, 11) is 1.78. The van der Waals surface area contributed by atoms with Crippen molar-refractivity contribution in [2.24, 2.45) is 5.92 Å². The van der Waals surface area contributed by atoms with Gasteiger partial charge < -0.3 is 4.90 Å². The highest BCUT2D eigenvalue weighted by Crippen LogP contribution is 2.34. The molecule has 0 N–H and O–H groups in total. The number of anilines is 2. The van der Waals surface area contributed by atoms with Gasteiger partial charge in [-0.25, -0.2) is 4.98 Å². The lowest BCUT2D eigenvalue weighted by Crippen LogP contribution is -2.38. The zero-order chi connectivity index (χ0) is 21.3. The van der Waals surface area contributed by atoms with Gasteiger partial charge in [-0.05, 0) is 42.0 Å². The summed E-state index contributed by atoms with van der Waals surface area (Å²) in [6.07, 6.45) is 2.32. The van der Waals surface area contributed by atoms with E-state index in [4.69, 9.17) is 4.98 Å². The fourth-order valence-corrected chi connectivity index (χ4v) is 5.15. The molecule has 0 unspecified atom stereocenters. The fourth-order valence-electron chi connectivity index (χ4n) is 3.64. The minimum absolute atomic E-state index is 0.0148. The van der Waals surface area contributed by atoms with Crippen LogP contribution < -0.4 is 9.80 Å². The summed E-state index contributed by atoms with van der Waals surface area (Å²) < 4.78 is 0. The molecule has 0 bridgehead atoms. The third-order valence-corrected chi connectivity index (χ3v) is 7.11. The average Bonchev–Trinajstić information content (AvgIpc) is 3.44. The van der Waals surface area contributed by atoms with Crippen LogP contribution in [0.4, 0.5) is 10.8 Å². The van der Waals surface area contributed by atoms with Crippen molar-refractivity contribution in [3.8, 4) is 11.3 Å². The van der Waals surface area contributed by atoms with Crippen LogP contribution in [0.25, 0.3) is 11.3 Å². The van der Waals surface area contributed by atoms with Gasteiger partial charge in [-0.15, -0.1) is 22.7 Å². The van der Waals surface area contributed by atoms with Crippen molar-refractivity contribution in [2.75, 3.05) is 23.4 Å². The topological polar surface area (TPSA) is 53.5 Å². The van der Waals surface area contributed by atoms with Crippen molar-refractivity contribution in [1.82, 2.24) is 4.98 Å². The van der Waals surface area contributed by atoms with E-state index >= 15 is 0 Å². The number of nitrogens with zero attached hydrogens (tertiary/aromatic N) is 3. The number of carbonyl (C=O) groups excluding carboxylic acids is 2. The fraction of sp³-hybridized carbons (Fsp3) is 0.348. The van der Waals surface area contributed by atoms with Gasteiger partial charge in [0.1, 0.15) is 0 Å². The van der Waals surface area contributed by atoms with Gasteiger partial charge in [-0.2, -0.15) is 0 Å². The monoisotopic (exact) mass is 439 g/mol. The number of fused-ring (bicyclic) bond motifs is 1. The molecule has 3 heterocycles. The number of thiazole rings is 1. The standard InChI is InChI=1S/C23H25N3O2S2/c1-15(2)22(28)26-10-4-6-17-12-16(8-9-20(17)26)19-14-30-23(24-19)25(3)21(27)13-18-7-5-11-29-18/h5,7-9,11-12,14-15H,4,6,10,13H2,1-3H3. The van der Waals surface area contributed by atoms with E-state index in [-0.39, 0.29) is 17.7 Å². The van der Waals surface area contributed by atoms with Crippen molar-refractivity contribution < 1.29 is 9.59 Å². The number of aromatic nitrogens is 1. The summed E-state index contributed by atoms with van der Waals surface area (Å²) in [6, 6.07) is 10.1. The van der Waals surface area contributed by atoms with E-state index in [9.17, 15) is 9.59 Å². The molecule has 1 aliphatic heterocycles. The molecule has 0 aliphatic carbocycles. The summed E-state index contributed by atoms with van der Waals surface area (Å²) in [6.45, 7) is 4.66. The van der Waals surface area contributed by atoms with Gasteiger partial charge in [0, 0.05) is 41.0 Å². The highest BCUT2D eigenvalue weighted by molar-refractivity contribution is 7.14. The van der Waals surface area contributed by atoms with Crippen LogP contribution >= 0.6 is 22.7 Å². The number of carbonyl (C=O) groups is 2. The zero-order valence-electron chi connectivity index (χ0n) is 17.4. The lowest BCUT2D eigenvalue weighted by Gasteiger charge is -2.31. The SMILES string of the molecule is CC(C)C(=O)N1CCCc2cc(-c3csc(N(C)C(=O)Cc4cccs4)n3)ccc21. The van der Waals surface area contributed by atoms with Gasteiger partial charge >= 0.3 is 0 Å². The van der Waals surface area contributed by atoms with Gasteiger partial charge in [0.05, 0.1) is 12.1 Å². The second-order valence-electron chi connectivity index (χ2n) is 7.82. The predicted octanol–water partition coefficient (Wildman–Crippen LogP) is 5.01. The Morgan fingerprint density at radius 1 is 1.23 bits per heavy atom. The Balaban J connectivity index is 1.54. The first-order valence-electron chi connectivity index (χ1n) is 10.1. The molecule has 7 heteroatoms. The first-order valence-corrected chi connectivity index (χ1v) is 11.9. The molecule has 5 nitrogen and oxygen atoms in total. The van der Waals surface area contributed by atoms with E-state index in [2.05, 4.69) is 6.07 Å². The van der Waals surface area contributed by atoms with E-state index in [0.29, 0.717) is 11.6 Å². The maximum atomic E-state index is 12.6. The van der Waals surface area contributed by atoms with E-state index in [1.807, 2.05) is 53.8 Å². The molecule has 1 aliphatic rings. The zero-order valence-corrected chi connectivity index (χ0v) is 19.1. The van der Waals surface area contributed by atoms with Crippen LogP contribution in [0.5, 0.6) is 0 Å². The van der Waals surface area contributed by atoms with E-state index < -0.39 is 0 Å². The molecule has 0 fully saturated rings. The maximum absolute atomic E-state index is 12.6. The second kappa shape index (κ2) is 8.70. The van der Waals surface area contributed by atoms with Crippen molar-refractivity contribution in [3.63, 3.8) is 0 Å². The first-order chi connectivity index (χ1) is 14.4. The van der Waals surface area contributed by atoms with Crippen molar-refractivity contribution in [2.45, 2.75) is 33.1 Å². The number of amides is 2. The van der Waals surface area contributed by atoms with E-state index in [1.54, 1.807) is 23.3 Å². The van der Waals surface area contributed by atoms with Crippen LogP contribution in [0.15, 0.2) is 41.1 Å². The van der Waals surface area contributed by atoms with Crippen LogP contribution in [0.1, 0.15) is 30.7 Å². The predicted molar refractivity (Wildman–Crippen MR) is 124 cm³/mol. The molecule has 30 heavy (non-hydrogen) atoms. The molecule has 3 aromatic rings. The van der Waals surface area contributed by atoms with Gasteiger partial charge in [0.2, 0.25) is 11.8 Å². The minimum atomic E-state index is -0.0148. The number of thiophene rings is 1. The molecule has 156 valence electrons. The summed E-state index contributed by atoms with van der Waals surface area (Å²) in [5, 5.41) is 4.67. The van der Waals surface area contributed by atoms with E-state index in [0.717, 1.165) is 41.2 Å². The van der Waals surface area contributed by atoms with Gasteiger partial charge in [0.25, 0.3) is 0 Å². The summed E-state index contributed by atoms with van der Waals surface area (Å²) in [5.41, 5.74) is 4.09. The minimum Gasteiger partial charge on any atom is -0.312 e. The number of rotatable bonds is 5. The van der Waals surface area contributed by atoms with Crippen LogP contribution in [0.2, 0.25) is 0 Å². The molecule has 0 radical (unpaired) electrons. The van der Waals surface area contributed by atoms with Crippen LogP contribution in [-0.4, -0.2) is 30.4 Å². The Kier molecular flexibility index (Phi) is 6.01. The number of aryl methyl sites for hydroxylation is 1. The summed E-state index contributed by atoms with van der Waals surface area (Å²) in [5.74, 6) is 0.191. The van der Waals surface area contributed by atoms with Crippen LogP contribution in [0, 0.1) is 5.92 Å². The van der Waals surface area contributed by atoms with E-state index in [1.165, 1.54) is 16.9 Å². The largest absolute Gasteiger partial charge is 0.312 e. The molecule has 2 aromatic heterocycles. The Labute approximate surface area is 185 Å². The van der Waals surface area contributed by atoms with Crippen molar-refractivity contribution in [1.29, 1.82) is 0 Å². The van der Waals surface area contributed by atoms with Gasteiger partial charge in [0.15, 0.2) is 5.13 Å². The lowest BCUT2D eigenvalue weighted by molar-refractivity contribution is -0.121. The summed E-state index contributed by atoms with van der Waals surface area (Å²) >= 11 is 3.06. The smallest absolute Gasteiger partial charge is 0.233 e. The van der Waals surface area contributed by atoms with Crippen LogP contribution in [-0.2, 0) is 22.4 Å². The lowest BCUT2D eigenvalue weighted by atomic mass is 9.97. The Morgan fingerprint density at radius 2 is 2.07 bits per heavy atom. The number of likely N-dealkylation sites (N-methyl/N-ethyl adjacent to an activating group) is 1. The molecule has 0 saturated carbocycles. The molecule has 0 saturated heterocycles. The number of hydrogen-bond acceptors (Lipinski definition) is 5. The molecular weight excluding hydrogens is 414 g/mol. The van der Waals surface area contributed by atoms with Gasteiger partial charge in [-0.1, -0.05) is 26.0 Å². The molecule has 0 spiro atoms. The second-order valence-corrected chi connectivity index (χ2v) is 9.68. The number of benzene rings is 1. The Bertz CT molecular complexity index is 1060. The highest BCUT2D eigenvalue weighted by atomic mass is 32.1. The number of hydrogen-bond donors (Lipinski definition) is 0. The molecule has 0 atom stereocenters. The van der Waals surface area contributed by atoms with Crippen molar-refractivity contribution in [3.05, 3.63) is 51.5 Å². The Morgan fingerprint density at radius 3 is 2.80 bits per heavy atom. The van der Waals surface area contributed by atoms with Gasteiger partial charge in [-0.3, -0.25) is 14.5 Å². The first kappa shape index (κ1) is 20.8. The summed E-state index contributed by atoms with van der Waals surface area (Å²) in [4.78, 5) is 34.4. The Hall–Kier alpha value is -2.51. The maximum Gasteiger partial charge on any atom is 0.233 e.